The van der Waals surface area contributed by atoms with Crippen molar-refractivity contribution in [3.63, 3.8) is 0 Å². The Morgan fingerprint density at radius 1 is 1.00 bits per heavy atom. The van der Waals surface area contributed by atoms with E-state index in [0.29, 0.717) is 0 Å². The molecule has 152 valence electrons. The van der Waals surface area contributed by atoms with E-state index in [2.05, 4.69) is 39.6 Å². The molecule has 3 heterocycles. The molecule has 1 fully saturated rings. The Morgan fingerprint density at radius 3 is 2.66 bits per heavy atom. The van der Waals surface area contributed by atoms with E-state index in [1.807, 2.05) is 35.1 Å². The van der Waals surface area contributed by atoms with Crippen molar-refractivity contribution in [2.45, 2.75) is 19.4 Å². The number of nitrogens with zero attached hydrogens (tertiary/aromatic N) is 4. The molecule has 0 bridgehead atoms. The van der Waals surface area contributed by atoms with E-state index >= 15 is 0 Å². The SMILES string of the molecule is c1ccc(-n2cc(CNCCCCN3CCOCC3)c(-c3cccnc3)n2)cc1. The summed E-state index contributed by atoms with van der Waals surface area (Å²) in [7, 11) is 0. The molecule has 1 saturated heterocycles. The van der Waals surface area contributed by atoms with E-state index in [9.17, 15) is 0 Å². The summed E-state index contributed by atoms with van der Waals surface area (Å²) in [4.78, 5) is 6.76. The van der Waals surface area contributed by atoms with Crippen LogP contribution in [0.4, 0.5) is 0 Å². The molecule has 0 saturated carbocycles. The first kappa shape index (κ1) is 19.8. The average molecular weight is 392 g/mol. The van der Waals surface area contributed by atoms with Gasteiger partial charge in [-0.15, -0.1) is 0 Å². The molecule has 1 aromatic carbocycles. The molecule has 2 aromatic heterocycles. The van der Waals surface area contributed by atoms with Crippen molar-refractivity contribution >= 4 is 0 Å². The largest absolute Gasteiger partial charge is 0.379 e. The maximum absolute atomic E-state index is 5.41. The van der Waals surface area contributed by atoms with Crippen molar-refractivity contribution in [3.8, 4) is 16.9 Å². The molecule has 0 unspecified atom stereocenters. The lowest BCUT2D eigenvalue weighted by Gasteiger charge is -2.26. The fraction of sp³-hybridized carbons (Fsp3) is 0.391. The monoisotopic (exact) mass is 391 g/mol. The van der Waals surface area contributed by atoms with Gasteiger partial charge in [-0.3, -0.25) is 9.88 Å². The van der Waals surface area contributed by atoms with Crippen LogP contribution in [0, 0.1) is 0 Å². The van der Waals surface area contributed by atoms with Gasteiger partial charge in [-0.2, -0.15) is 5.10 Å². The molecule has 6 nitrogen and oxygen atoms in total. The van der Waals surface area contributed by atoms with Gasteiger partial charge in [0, 0.05) is 49.4 Å². The number of para-hydroxylation sites is 1. The maximum atomic E-state index is 5.41. The third-order valence-electron chi connectivity index (χ3n) is 5.24. The zero-order valence-corrected chi connectivity index (χ0v) is 16.8. The summed E-state index contributed by atoms with van der Waals surface area (Å²) >= 11 is 0. The molecular formula is C23H29N5O. The molecule has 3 aromatic rings. The molecule has 0 atom stereocenters. The zero-order chi connectivity index (χ0) is 19.7. The lowest BCUT2D eigenvalue weighted by Crippen LogP contribution is -2.37. The fourth-order valence-electron chi connectivity index (χ4n) is 3.63. The molecule has 29 heavy (non-hydrogen) atoms. The number of unbranched alkanes of at least 4 members (excludes halogenated alkanes) is 1. The number of rotatable bonds is 9. The summed E-state index contributed by atoms with van der Waals surface area (Å²) in [5.41, 5.74) is 4.29. The predicted molar refractivity (Wildman–Crippen MR) is 115 cm³/mol. The van der Waals surface area contributed by atoms with Crippen LogP contribution in [0.25, 0.3) is 16.9 Å². The number of aromatic nitrogens is 3. The summed E-state index contributed by atoms with van der Waals surface area (Å²) in [5, 5.41) is 8.44. The highest BCUT2D eigenvalue weighted by atomic mass is 16.5. The van der Waals surface area contributed by atoms with E-state index in [1.165, 1.54) is 18.4 Å². The lowest BCUT2D eigenvalue weighted by molar-refractivity contribution is 0.0372. The van der Waals surface area contributed by atoms with Crippen LogP contribution in [0.1, 0.15) is 18.4 Å². The molecule has 1 aliphatic heterocycles. The van der Waals surface area contributed by atoms with Gasteiger partial charge >= 0.3 is 0 Å². The predicted octanol–water partition coefficient (Wildman–Crippen LogP) is 3.14. The number of morpholine rings is 1. The van der Waals surface area contributed by atoms with Crippen LogP contribution in [0.3, 0.4) is 0 Å². The molecule has 0 spiro atoms. The minimum Gasteiger partial charge on any atom is -0.379 e. The van der Waals surface area contributed by atoms with Crippen molar-refractivity contribution < 1.29 is 4.74 Å². The lowest BCUT2D eigenvalue weighted by atomic mass is 10.1. The highest BCUT2D eigenvalue weighted by Crippen LogP contribution is 2.23. The van der Waals surface area contributed by atoms with Gasteiger partial charge in [-0.1, -0.05) is 18.2 Å². The number of hydrogen-bond donors (Lipinski definition) is 1. The fourth-order valence-corrected chi connectivity index (χ4v) is 3.63. The van der Waals surface area contributed by atoms with Gasteiger partial charge in [0.15, 0.2) is 0 Å². The second-order valence-electron chi connectivity index (χ2n) is 7.36. The van der Waals surface area contributed by atoms with Crippen molar-refractivity contribution in [2.24, 2.45) is 0 Å². The van der Waals surface area contributed by atoms with Crippen LogP contribution in [-0.4, -0.2) is 59.1 Å². The van der Waals surface area contributed by atoms with Crippen LogP contribution in [0.15, 0.2) is 61.1 Å². The summed E-state index contributed by atoms with van der Waals surface area (Å²) < 4.78 is 7.36. The molecule has 1 aliphatic rings. The topological polar surface area (TPSA) is 55.2 Å². The Kier molecular flexibility index (Phi) is 7.02. The standard InChI is InChI=1S/C23H29N5O/c1-2-8-22(9-3-1)28-19-21(23(26-28)20-7-6-11-25-17-20)18-24-10-4-5-12-27-13-15-29-16-14-27/h1-3,6-9,11,17,19,24H,4-5,10,12-16,18H2. The third kappa shape index (κ3) is 5.50. The molecule has 0 aliphatic carbocycles. The summed E-state index contributed by atoms with van der Waals surface area (Å²) in [6.07, 6.45) is 8.18. The molecule has 0 radical (unpaired) electrons. The zero-order valence-electron chi connectivity index (χ0n) is 16.8. The Morgan fingerprint density at radius 2 is 1.86 bits per heavy atom. The first-order chi connectivity index (χ1) is 14.4. The van der Waals surface area contributed by atoms with E-state index in [4.69, 9.17) is 9.84 Å². The molecule has 6 heteroatoms. The summed E-state index contributed by atoms with van der Waals surface area (Å²) in [6, 6.07) is 14.3. The van der Waals surface area contributed by atoms with Gasteiger partial charge in [0.25, 0.3) is 0 Å². The molecule has 0 amide bonds. The number of ether oxygens (including phenoxy) is 1. The molecular weight excluding hydrogens is 362 g/mol. The van der Waals surface area contributed by atoms with Crippen LogP contribution < -0.4 is 5.32 Å². The van der Waals surface area contributed by atoms with Gasteiger partial charge in [0.2, 0.25) is 0 Å². The first-order valence-corrected chi connectivity index (χ1v) is 10.5. The first-order valence-electron chi connectivity index (χ1n) is 10.5. The van der Waals surface area contributed by atoms with Gasteiger partial charge < -0.3 is 10.1 Å². The van der Waals surface area contributed by atoms with Gasteiger partial charge in [0.1, 0.15) is 0 Å². The summed E-state index contributed by atoms with van der Waals surface area (Å²) in [6.45, 7) is 6.86. The van der Waals surface area contributed by atoms with Gasteiger partial charge in [-0.05, 0) is 50.2 Å². The van der Waals surface area contributed by atoms with Crippen molar-refractivity contribution in [3.05, 3.63) is 66.6 Å². The smallest absolute Gasteiger partial charge is 0.0988 e. The van der Waals surface area contributed by atoms with Crippen LogP contribution in [0.2, 0.25) is 0 Å². The number of nitrogens with one attached hydrogen (secondary N) is 1. The van der Waals surface area contributed by atoms with E-state index < -0.39 is 0 Å². The normalized spacial score (nSPS) is 14.9. The quantitative estimate of drug-likeness (QED) is 0.568. The minimum absolute atomic E-state index is 0.800. The third-order valence-corrected chi connectivity index (χ3v) is 5.24. The molecule has 4 rings (SSSR count). The Bertz CT molecular complexity index is 859. The van der Waals surface area contributed by atoms with E-state index in [-0.39, 0.29) is 0 Å². The number of hydrogen-bond acceptors (Lipinski definition) is 5. The molecule has 1 N–H and O–H groups in total. The Balaban J connectivity index is 1.35. The van der Waals surface area contributed by atoms with Crippen molar-refractivity contribution in [2.75, 3.05) is 39.4 Å². The van der Waals surface area contributed by atoms with Crippen LogP contribution in [0.5, 0.6) is 0 Å². The maximum Gasteiger partial charge on any atom is 0.0988 e. The van der Waals surface area contributed by atoms with E-state index in [0.717, 1.165) is 62.9 Å². The number of benzene rings is 1. The highest BCUT2D eigenvalue weighted by Gasteiger charge is 2.12. The van der Waals surface area contributed by atoms with Gasteiger partial charge in [0.05, 0.1) is 24.6 Å². The Labute approximate surface area is 172 Å². The second kappa shape index (κ2) is 10.3. The highest BCUT2D eigenvalue weighted by molar-refractivity contribution is 5.62. The van der Waals surface area contributed by atoms with Crippen molar-refractivity contribution in [1.82, 2.24) is 25.0 Å². The van der Waals surface area contributed by atoms with Crippen molar-refractivity contribution in [1.29, 1.82) is 0 Å². The second-order valence-corrected chi connectivity index (χ2v) is 7.36. The average Bonchev–Trinajstić information content (AvgIpc) is 3.22. The minimum atomic E-state index is 0.800. The van der Waals surface area contributed by atoms with Gasteiger partial charge in [-0.25, -0.2) is 4.68 Å². The van der Waals surface area contributed by atoms with E-state index in [1.54, 1.807) is 6.20 Å². The Hall–Kier alpha value is -2.54. The summed E-state index contributed by atoms with van der Waals surface area (Å²) in [5.74, 6) is 0. The number of pyridine rings is 1. The van der Waals surface area contributed by atoms with Crippen LogP contribution >= 0.6 is 0 Å². The van der Waals surface area contributed by atoms with Crippen LogP contribution in [-0.2, 0) is 11.3 Å².